The molecule has 2 atom stereocenters. The van der Waals surface area contributed by atoms with E-state index in [1.54, 1.807) is 6.07 Å². The van der Waals surface area contributed by atoms with E-state index in [0.717, 1.165) is 51.7 Å². The Balaban J connectivity index is 1.40. The van der Waals surface area contributed by atoms with Gasteiger partial charge in [-0.15, -0.1) is 5.10 Å². The summed E-state index contributed by atoms with van der Waals surface area (Å²) in [5.74, 6) is 0.511. The summed E-state index contributed by atoms with van der Waals surface area (Å²) < 4.78 is 22.5. The molecule has 2 aromatic rings. The molecule has 0 spiro atoms. The molecule has 1 aromatic carbocycles. The van der Waals surface area contributed by atoms with Gasteiger partial charge in [-0.05, 0) is 42.2 Å². The van der Waals surface area contributed by atoms with Gasteiger partial charge >= 0.3 is 0 Å². The molecule has 0 radical (unpaired) electrons. The molecule has 2 saturated heterocycles. The topological polar surface area (TPSA) is 59.3 Å². The first-order chi connectivity index (χ1) is 14.8. The van der Waals surface area contributed by atoms with Gasteiger partial charge < -0.3 is 4.74 Å². The summed E-state index contributed by atoms with van der Waals surface area (Å²) in [5, 5.41) is 12.6. The Morgan fingerprint density at radius 2 is 1.83 bits per heavy atom. The number of halogens is 1. The van der Waals surface area contributed by atoms with Crippen LogP contribution in [0.3, 0.4) is 0 Å². The van der Waals surface area contributed by atoms with Crippen LogP contribution in [0.5, 0.6) is 0 Å². The van der Waals surface area contributed by atoms with E-state index in [1.807, 2.05) is 16.8 Å². The molecule has 1 aliphatic carbocycles. The van der Waals surface area contributed by atoms with Crippen molar-refractivity contribution in [3.63, 3.8) is 0 Å². The van der Waals surface area contributed by atoms with Crippen LogP contribution in [0.2, 0.25) is 0 Å². The van der Waals surface area contributed by atoms with Crippen LogP contribution in [0.4, 0.5) is 4.39 Å². The minimum absolute atomic E-state index is 0.132. The van der Waals surface area contributed by atoms with Gasteiger partial charge in [0.2, 0.25) is 0 Å². The summed E-state index contributed by atoms with van der Waals surface area (Å²) >= 11 is 0. The van der Waals surface area contributed by atoms with E-state index in [1.165, 1.54) is 31.7 Å². The molecule has 5 rings (SSSR count). The summed E-state index contributed by atoms with van der Waals surface area (Å²) in [7, 11) is 0. The zero-order chi connectivity index (χ0) is 20.3. The Morgan fingerprint density at radius 3 is 2.57 bits per heavy atom. The second-order valence-electron chi connectivity index (χ2n) is 8.79. The summed E-state index contributed by atoms with van der Waals surface area (Å²) in [6.07, 6.45) is 7.55. The van der Waals surface area contributed by atoms with E-state index >= 15 is 0 Å². The summed E-state index contributed by atoms with van der Waals surface area (Å²) in [4.78, 5) is 4.97. The highest BCUT2D eigenvalue weighted by molar-refractivity contribution is 5.26. The van der Waals surface area contributed by atoms with Gasteiger partial charge in [-0.1, -0.05) is 31.0 Å². The quantitative estimate of drug-likeness (QED) is 0.724. The third kappa shape index (κ3) is 4.13. The van der Waals surface area contributed by atoms with Crippen LogP contribution in [0.15, 0.2) is 24.3 Å². The van der Waals surface area contributed by atoms with Gasteiger partial charge in [-0.3, -0.25) is 9.80 Å². The molecule has 2 unspecified atom stereocenters. The lowest BCUT2D eigenvalue weighted by Crippen LogP contribution is -2.51. The molecular formula is C22H31FN6O. The predicted octanol–water partition coefficient (Wildman–Crippen LogP) is 2.64. The van der Waals surface area contributed by atoms with Crippen LogP contribution in [0, 0.1) is 5.82 Å². The Kier molecular flexibility index (Phi) is 6.06. The lowest BCUT2D eigenvalue weighted by Gasteiger charge is -2.41. The number of hydrogen-bond donors (Lipinski definition) is 0. The second kappa shape index (κ2) is 9.08. The highest BCUT2D eigenvalue weighted by atomic mass is 19.1. The molecule has 2 aliphatic heterocycles. The first-order valence-electron chi connectivity index (χ1n) is 11.4. The van der Waals surface area contributed by atoms with Gasteiger partial charge in [0.05, 0.1) is 12.6 Å². The van der Waals surface area contributed by atoms with Crippen LogP contribution in [-0.2, 0) is 11.3 Å². The highest BCUT2D eigenvalue weighted by Gasteiger charge is 2.34. The van der Waals surface area contributed by atoms with Crippen LogP contribution in [-0.4, -0.2) is 74.9 Å². The van der Waals surface area contributed by atoms with Gasteiger partial charge in [0.15, 0.2) is 5.82 Å². The number of rotatable bonds is 6. The SMILES string of the molecule is Fc1ccccc1C(c1nnnn1CC1CCCO1)N1CCN(C2CCCC2)CC1. The van der Waals surface area contributed by atoms with Gasteiger partial charge in [-0.25, -0.2) is 9.07 Å². The number of benzene rings is 1. The average molecular weight is 415 g/mol. The average Bonchev–Trinajstić information content (AvgIpc) is 3.54. The van der Waals surface area contributed by atoms with Crippen molar-refractivity contribution < 1.29 is 9.13 Å². The summed E-state index contributed by atoms with van der Waals surface area (Å²) in [6.45, 7) is 5.23. The first-order valence-corrected chi connectivity index (χ1v) is 11.4. The maximum Gasteiger partial charge on any atom is 0.173 e. The maximum atomic E-state index is 14.9. The lowest BCUT2D eigenvalue weighted by molar-refractivity contribution is 0.0712. The Bertz CT molecular complexity index is 825. The third-order valence-corrected chi connectivity index (χ3v) is 6.96. The fourth-order valence-electron chi connectivity index (χ4n) is 5.34. The maximum absolute atomic E-state index is 14.9. The molecule has 3 heterocycles. The predicted molar refractivity (Wildman–Crippen MR) is 110 cm³/mol. The van der Waals surface area contributed by atoms with Crippen molar-refractivity contribution in [2.45, 2.75) is 63.3 Å². The van der Waals surface area contributed by atoms with Gasteiger partial charge in [-0.2, -0.15) is 0 Å². The lowest BCUT2D eigenvalue weighted by atomic mass is 10.0. The first kappa shape index (κ1) is 20.0. The van der Waals surface area contributed by atoms with Crippen molar-refractivity contribution in [1.29, 1.82) is 0 Å². The molecule has 0 amide bonds. The molecule has 162 valence electrons. The van der Waals surface area contributed by atoms with E-state index in [-0.39, 0.29) is 18.0 Å². The number of piperazine rings is 1. The van der Waals surface area contributed by atoms with E-state index in [2.05, 4.69) is 25.3 Å². The normalized spacial score (nSPS) is 25.2. The largest absolute Gasteiger partial charge is 0.376 e. The van der Waals surface area contributed by atoms with Gasteiger partial charge in [0.1, 0.15) is 11.9 Å². The van der Waals surface area contributed by atoms with Crippen molar-refractivity contribution in [3.05, 3.63) is 41.5 Å². The Labute approximate surface area is 177 Å². The Hall–Kier alpha value is -1.90. The number of tetrazole rings is 1. The molecule has 1 aromatic heterocycles. The molecule has 7 nitrogen and oxygen atoms in total. The smallest absolute Gasteiger partial charge is 0.173 e. The monoisotopic (exact) mass is 414 g/mol. The van der Waals surface area contributed by atoms with Crippen molar-refractivity contribution in [1.82, 2.24) is 30.0 Å². The molecule has 0 N–H and O–H groups in total. The third-order valence-electron chi connectivity index (χ3n) is 6.96. The van der Waals surface area contributed by atoms with E-state index in [9.17, 15) is 4.39 Å². The van der Waals surface area contributed by atoms with Crippen LogP contribution >= 0.6 is 0 Å². The molecule has 3 aliphatic rings. The van der Waals surface area contributed by atoms with Crippen molar-refractivity contribution in [2.24, 2.45) is 0 Å². The summed E-state index contributed by atoms with van der Waals surface area (Å²) in [5.41, 5.74) is 0.648. The highest BCUT2D eigenvalue weighted by Crippen LogP contribution is 2.32. The van der Waals surface area contributed by atoms with Gasteiger partial charge in [0, 0.05) is 44.4 Å². The zero-order valence-corrected chi connectivity index (χ0v) is 17.5. The van der Waals surface area contributed by atoms with Crippen LogP contribution < -0.4 is 0 Å². The molecule has 3 fully saturated rings. The standard InChI is InChI=1S/C22H31FN6O/c23-20-10-4-3-9-19(20)21(22-24-25-26-29(22)16-18-8-5-15-30-18)28-13-11-27(12-14-28)17-6-1-2-7-17/h3-4,9-10,17-18,21H,1-2,5-8,11-16H2. The van der Waals surface area contributed by atoms with Crippen molar-refractivity contribution in [3.8, 4) is 0 Å². The molecule has 0 bridgehead atoms. The number of ether oxygens (including phenoxy) is 1. The minimum Gasteiger partial charge on any atom is -0.376 e. The van der Waals surface area contributed by atoms with Crippen molar-refractivity contribution in [2.75, 3.05) is 32.8 Å². The van der Waals surface area contributed by atoms with E-state index < -0.39 is 0 Å². The molecule has 30 heavy (non-hydrogen) atoms. The number of aromatic nitrogens is 4. The fourth-order valence-corrected chi connectivity index (χ4v) is 5.34. The molecule has 8 heteroatoms. The summed E-state index contributed by atoms with van der Waals surface area (Å²) in [6, 6.07) is 7.48. The van der Waals surface area contributed by atoms with Crippen LogP contribution in [0.1, 0.15) is 56.0 Å². The van der Waals surface area contributed by atoms with Crippen LogP contribution in [0.25, 0.3) is 0 Å². The Morgan fingerprint density at radius 1 is 1.03 bits per heavy atom. The minimum atomic E-state index is -0.284. The second-order valence-corrected chi connectivity index (χ2v) is 8.79. The van der Waals surface area contributed by atoms with Crippen molar-refractivity contribution >= 4 is 0 Å². The fraction of sp³-hybridized carbons (Fsp3) is 0.682. The molecule has 1 saturated carbocycles. The zero-order valence-electron chi connectivity index (χ0n) is 17.5. The van der Waals surface area contributed by atoms with E-state index in [4.69, 9.17) is 4.74 Å². The number of hydrogen-bond acceptors (Lipinski definition) is 6. The van der Waals surface area contributed by atoms with E-state index in [0.29, 0.717) is 17.9 Å². The molecular weight excluding hydrogens is 383 g/mol. The van der Waals surface area contributed by atoms with Gasteiger partial charge in [0.25, 0.3) is 0 Å². The number of nitrogens with zero attached hydrogens (tertiary/aromatic N) is 6.